The van der Waals surface area contributed by atoms with Crippen LogP contribution in [-0.2, 0) is 37.3 Å². The minimum absolute atomic E-state index is 0.0880. The molecule has 1 aromatic heterocycles. The highest BCUT2D eigenvalue weighted by Crippen LogP contribution is 2.18. The molecule has 10 heteroatoms. The van der Waals surface area contributed by atoms with Crippen molar-refractivity contribution >= 4 is 21.9 Å². The van der Waals surface area contributed by atoms with Crippen LogP contribution in [0.4, 0.5) is 0 Å². The van der Waals surface area contributed by atoms with E-state index in [0.717, 1.165) is 15.4 Å². The van der Waals surface area contributed by atoms with Crippen LogP contribution in [0.15, 0.2) is 72.0 Å². The maximum Gasteiger partial charge on any atom is 0.328 e. The fourth-order valence-electron chi connectivity index (χ4n) is 3.47. The van der Waals surface area contributed by atoms with Gasteiger partial charge in [0.05, 0.1) is 24.9 Å². The summed E-state index contributed by atoms with van der Waals surface area (Å²) >= 11 is 0. The highest BCUT2D eigenvalue weighted by molar-refractivity contribution is 7.89. The third-order valence-corrected chi connectivity index (χ3v) is 7.24. The van der Waals surface area contributed by atoms with Crippen molar-refractivity contribution in [2.24, 2.45) is 0 Å². The molecule has 1 N–H and O–H groups in total. The molecule has 0 aliphatic carbocycles. The molecule has 0 saturated carbocycles. The topological polar surface area (TPSA) is 113 Å². The van der Waals surface area contributed by atoms with Crippen molar-refractivity contribution in [1.29, 1.82) is 0 Å². The number of aromatic nitrogens is 2. The minimum Gasteiger partial charge on any atom is -0.467 e. The number of sulfonamides is 1. The van der Waals surface area contributed by atoms with E-state index in [1.54, 1.807) is 18.3 Å². The highest BCUT2D eigenvalue weighted by atomic mass is 32.2. The predicted octanol–water partition coefficient (Wildman–Crippen LogP) is 2.15. The summed E-state index contributed by atoms with van der Waals surface area (Å²) in [7, 11) is -1.31. The molecular weight excluding hydrogens is 456 g/mol. The molecule has 3 aromatic rings. The lowest BCUT2D eigenvalue weighted by molar-refractivity contribution is -0.153. The van der Waals surface area contributed by atoms with E-state index in [-0.39, 0.29) is 17.9 Å². The fraction of sp³-hybridized carbons (Fsp3) is 0.292. The van der Waals surface area contributed by atoms with Crippen molar-refractivity contribution < 1.29 is 22.7 Å². The van der Waals surface area contributed by atoms with Crippen LogP contribution in [-0.4, -0.2) is 66.2 Å². The zero-order valence-electron chi connectivity index (χ0n) is 19.3. The van der Waals surface area contributed by atoms with E-state index in [4.69, 9.17) is 4.74 Å². The molecule has 180 valence electrons. The number of rotatable bonds is 10. The number of likely N-dealkylation sites (N-methyl/N-ethyl adjacent to an activating group) is 1. The van der Waals surface area contributed by atoms with E-state index in [0.29, 0.717) is 5.69 Å². The predicted molar refractivity (Wildman–Crippen MR) is 126 cm³/mol. The maximum atomic E-state index is 13.5. The average Bonchev–Trinajstić information content (AvgIpc) is 3.35. The van der Waals surface area contributed by atoms with E-state index >= 15 is 0 Å². The molecule has 1 atom stereocenters. The van der Waals surface area contributed by atoms with Crippen LogP contribution in [0.1, 0.15) is 16.8 Å². The number of carbonyl (C=O) groups is 2. The van der Waals surface area contributed by atoms with Gasteiger partial charge in [0.2, 0.25) is 15.9 Å². The molecule has 1 amide bonds. The van der Waals surface area contributed by atoms with Gasteiger partial charge < -0.3 is 14.6 Å². The Bertz CT molecular complexity index is 1200. The van der Waals surface area contributed by atoms with Gasteiger partial charge in [-0.25, -0.2) is 18.2 Å². The van der Waals surface area contributed by atoms with Crippen molar-refractivity contribution in [3.63, 3.8) is 0 Å². The van der Waals surface area contributed by atoms with Crippen LogP contribution < -0.4 is 0 Å². The second-order valence-electron chi connectivity index (χ2n) is 7.90. The molecule has 3 rings (SSSR count). The number of aryl methyl sites for hydroxylation is 1. The van der Waals surface area contributed by atoms with Crippen LogP contribution in [0.5, 0.6) is 0 Å². The summed E-state index contributed by atoms with van der Waals surface area (Å²) in [6.07, 6.45) is 3.18. The van der Waals surface area contributed by atoms with Crippen LogP contribution in [0, 0.1) is 6.92 Å². The summed E-state index contributed by atoms with van der Waals surface area (Å²) in [5.41, 5.74) is 2.35. The number of imidazole rings is 1. The number of H-pyrrole nitrogens is 1. The normalized spacial score (nSPS) is 12.4. The molecule has 34 heavy (non-hydrogen) atoms. The Morgan fingerprint density at radius 2 is 1.76 bits per heavy atom. The van der Waals surface area contributed by atoms with Gasteiger partial charge in [0.25, 0.3) is 0 Å². The van der Waals surface area contributed by atoms with E-state index in [1.165, 1.54) is 37.5 Å². The molecule has 0 radical (unpaired) electrons. The third kappa shape index (κ3) is 6.09. The zero-order valence-corrected chi connectivity index (χ0v) is 20.2. The molecule has 0 saturated heterocycles. The minimum atomic E-state index is -3.91. The first-order valence-electron chi connectivity index (χ1n) is 10.6. The Labute approximate surface area is 199 Å². The molecule has 0 bridgehead atoms. The maximum absolute atomic E-state index is 13.5. The smallest absolute Gasteiger partial charge is 0.328 e. The van der Waals surface area contributed by atoms with Gasteiger partial charge in [0.1, 0.15) is 6.04 Å². The molecule has 2 aromatic carbocycles. The fourth-order valence-corrected chi connectivity index (χ4v) is 4.59. The number of amides is 1. The number of esters is 1. The first kappa shape index (κ1) is 25.1. The van der Waals surface area contributed by atoms with Crippen LogP contribution in [0.25, 0.3) is 0 Å². The average molecular weight is 485 g/mol. The molecular formula is C24H28N4O5S. The van der Waals surface area contributed by atoms with Gasteiger partial charge in [0.15, 0.2) is 0 Å². The summed E-state index contributed by atoms with van der Waals surface area (Å²) in [4.78, 5) is 34.5. The third-order valence-electron chi connectivity index (χ3n) is 5.42. The molecule has 0 unspecified atom stereocenters. The first-order chi connectivity index (χ1) is 16.2. The van der Waals surface area contributed by atoms with Crippen molar-refractivity contribution in [2.75, 3.05) is 20.7 Å². The number of carbonyl (C=O) groups excluding carboxylic acids is 2. The Morgan fingerprint density at radius 3 is 2.35 bits per heavy atom. The van der Waals surface area contributed by atoms with E-state index in [1.807, 2.05) is 37.3 Å². The van der Waals surface area contributed by atoms with E-state index < -0.39 is 34.5 Å². The zero-order chi connectivity index (χ0) is 24.7. The van der Waals surface area contributed by atoms with Crippen LogP contribution in [0.2, 0.25) is 0 Å². The SMILES string of the molecule is COC(=O)[C@H](Cc1cnc[nH]1)N(Cc1ccccc1)C(=O)CN(C)S(=O)(=O)c1ccc(C)cc1. The molecule has 9 nitrogen and oxygen atoms in total. The standard InChI is InChI=1S/C24H28N4O5S/c1-18-9-11-21(12-10-18)34(31,32)27(2)16-23(29)28(15-19-7-5-4-6-8-19)22(24(30)33-3)13-20-14-25-17-26-20/h4-12,14,17,22H,13,15-16H2,1-3H3,(H,25,26)/t22-/m0/s1. The molecule has 1 heterocycles. The number of nitrogens with zero attached hydrogens (tertiary/aromatic N) is 3. The second kappa shape index (κ2) is 11.1. The monoisotopic (exact) mass is 484 g/mol. The van der Waals surface area contributed by atoms with Gasteiger partial charge in [-0.3, -0.25) is 4.79 Å². The van der Waals surface area contributed by atoms with E-state index in [2.05, 4.69) is 9.97 Å². The first-order valence-corrected chi connectivity index (χ1v) is 12.1. The highest BCUT2D eigenvalue weighted by Gasteiger charge is 2.33. The van der Waals surface area contributed by atoms with E-state index in [9.17, 15) is 18.0 Å². The van der Waals surface area contributed by atoms with Crippen molar-refractivity contribution in [3.8, 4) is 0 Å². The van der Waals surface area contributed by atoms with Gasteiger partial charge in [-0.15, -0.1) is 0 Å². The number of aromatic amines is 1. The Hall–Kier alpha value is -3.50. The van der Waals surface area contributed by atoms with Gasteiger partial charge in [-0.2, -0.15) is 4.31 Å². The van der Waals surface area contributed by atoms with Gasteiger partial charge in [-0.05, 0) is 24.6 Å². The number of hydrogen-bond acceptors (Lipinski definition) is 6. The Morgan fingerprint density at radius 1 is 1.09 bits per heavy atom. The lowest BCUT2D eigenvalue weighted by Gasteiger charge is -2.31. The molecule has 0 fully saturated rings. The lowest BCUT2D eigenvalue weighted by atomic mass is 10.1. The van der Waals surface area contributed by atoms with Crippen molar-refractivity contribution in [2.45, 2.75) is 30.8 Å². The van der Waals surface area contributed by atoms with Crippen molar-refractivity contribution in [3.05, 3.63) is 83.9 Å². The quantitative estimate of drug-likeness (QED) is 0.441. The summed E-state index contributed by atoms with van der Waals surface area (Å²) in [5.74, 6) is -1.14. The molecule has 0 spiro atoms. The van der Waals surface area contributed by atoms with Crippen molar-refractivity contribution in [1.82, 2.24) is 19.2 Å². The number of hydrogen-bond donors (Lipinski definition) is 1. The molecule has 0 aliphatic rings. The summed E-state index contributed by atoms with van der Waals surface area (Å²) in [6.45, 7) is 1.52. The largest absolute Gasteiger partial charge is 0.467 e. The van der Waals surface area contributed by atoms with Gasteiger partial charge in [0, 0.05) is 31.9 Å². The van der Waals surface area contributed by atoms with Gasteiger partial charge in [-0.1, -0.05) is 48.0 Å². The summed E-state index contributed by atoms with van der Waals surface area (Å²) < 4.78 is 32.0. The Balaban J connectivity index is 1.90. The molecule has 0 aliphatic heterocycles. The van der Waals surface area contributed by atoms with Crippen LogP contribution in [0.3, 0.4) is 0 Å². The lowest BCUT2D eigenvalue weighted by Crippen LogP contribution is -2.50. The second-order valence-corrected chi connectivity index (χ2v) is 9.95. The van der Waals surface area contributed by atoms with Gasteiger partial charge >= 0.3 is 5.97 Å². The number of nitrogens with one attached hydrogen (secondary N) is 1. The number of benzene rings is 2. The summed E-state index contributed by atoms with van der Waals surface area (Å²) in [6, 6.07) is 14.6. The number of ether oxygens (including phenoxy) is 1. The number of methoxy groups -OCH3 is 1. The Kier molecular flexibility index (Phi) is 8.19. The van der Waals surface area contributed by atoms with Crippen LogP contribution >= 0.6 is 0 Å². The summed E-state index contributed by atoms with van der Waals surface area (Å²) in [5, 5.41) is 0.